The van der Waals surface area contributed by atoms with Crippen molar-refractivity contribution in [2.75, 3.05) is 19.7 Å². The molecule has 0 aromatic heterocycles. The van der Waals surface area contributed by atoms with Crippen LogP contribution in [-0.2, 0) is 4.74 Å². The van der Waals surface area contributed by atoms with Crippen LogP contribution in [0.15, 0.2) is 0 Å². The van der Waals surface area contributed by atoms with Gasteiger partial charge in [-0.1, -0.05) is 0 Å². The molecule has 0 N–H and O–H groups in total. The Morgan fingerprint density at radius 1 is 1.42 bits per heavy atom. The van der Waals surface area contributed by atoms with Crippen molar-refractivity contribution in [1.29, 1.82) is 0 Å². The molecule has 0 aromatic rings. The van der Waals surface area contributed by atoms with Gasteiger partial charge in [-0.2, -0.15) is 8.78 Å². The summed E-state index contributed by atoms with van der Waals surface area (Å²) in [5, 5.41) is 0. The zero-order valence-corrected chi connectivity index (χ0v) is 7.52. The van der Waals surface area contributed by atoms with Gasteiger partial charge in [-0.25, -0.2) is 0 Å². The molecule has 1 fully saturated rings. The summed E-state index contributed by atoms with van der Waals surface area (Å²) in [5.74, 6) is 0. The molecule has 1 saturated heterocycles. The Morgan fingerprint density at radius 2 is 2.08 bits per heavy atom. The van der Waals surface area contributed by atoms with Crippen molar-refractivity contribution in [3.05, 3.63) is 0 Å². The third-order valence-electron chi connectivity index (χ3n) is 2.02. The highest BCUT2D eigenvalue weighted by Crippen LogP contribution is 2.21. The first-order chi connectivity index (χ1) is 5.51. The Hall–Kier alpha value is -0.220. The molecule has 1 aliphatic rings. The van der Waals surface area contributed by atoms with Gasteiger partial charge in [0.15, 0.2) is 0 Å². The molecule has 1 aliphatic heterocycles. The van der Waals surface area contributed by atoms with E-state index < -0.39 is 6.11 Å². The molecule has 0 aromatic carbocycles. The molecule has 0 bridgehead atoms. The molecule has 72 valence electrons. The molecule has 1 heterocycles. The average Bonchev–Trinajstić information content (AvgIpc) is 2.10. The number of hydrogen-bond donors (Lipinski definition) is 0. The minimum Gasteiger partial charge on any atom is -0.319 e. The van der Waals surface area contributed by atoms with Gasteiger partial charge in [-0.15, -0.1) is 0 Å². The maximum atomic E-state index is 12.8. The van der Waals surface area contributed by atoms with Crippen LogP contribution in [0, 0.1) is 0 Å². The second kappa shape index (κ2) is 3.66. The first-order valence-electron chi connectivity index (χ1n) is 4.27. The number of halogens is 2. The summed E-state index contributed by atoms with van der Waals surface area (Å²) in [6.07, 6.45) is -2.27. The first-order valence-corrected chi connectivity index (χ1v) is 4.27. The lowest BCUT2D eigenvalue weighted by atomic mass is 10.3. The van der Waals surface area contributed by atoms with E-state index in [9.17, 15) is 8.78 Å². The minimum absolute atomic E-state index is 0.163. The van der Waals surface area contributed by atoms with Crippen LogP contribution in [0.1, 0.15) is 20.3 Å². The summed E-state index contributed by atoms with van der Waals surface area (Å²) in [6.45, 7) is 4.43. The predicted molar refractivity (Wildman–Crippen MR) is 42.2 cm³/mol. The number of alkyl halides is 2. The van der Waals surface area contributed by atoms with E-state index >= 15 is 0 Å². The molecule has 0 radical (unpaired) electrons. The second-order valence-corrected chi connectivity index (χ2v) is 3.40. The van der Waals surface area contributed by atoms with Crippen LogP contribution < -0.4 is 0 Å². The third kappa shape index (κ3) is 2.68. The summed E-state index contributed by atoms with van der Waals surface area (Å²) < 4.78 is 30.0. The maximum Gasteiger partial charge on any atom is 0.368 e. The molecule has 12 heavy (non-hydrogen) atoms. The normalized spacial score (nSPS) is 25.8. The number of ether oxygens (including phenoxy) is 1. The highest BCUT2D eigenvalue weighted by atomic mass is 19.3. The van der Waals surface area contributed by atoms with Crippen molar-refractivity contribution in [3.63, 3.8) is 0 Å². The summed E-state index contributed by atoms with van der Waals surface area (Å²) in [5.41, 5.74) is 0. The van der Waals surface area contributed by atoms with Crippen LogP contribution in [0.3, 0.4) is 0 Å². The van der Waals surface area contributed by atoms with Gasteiger partial charge >= 0.3 is 6.11 Å². The van der Waals surface area contributed by atoms with Crippen LogP contribution in [0.25, 0.3) is 0 Å². The molecule has 0 saturated carbocycles. The lowest BCUT2D eigenvalue weighted by Gasteiger charge is -2.26. The summed E-state index contributed by atoms with van der Waals surface area (Å²) in [6, 6.07) is 0.164. The number of rotatable bonds is 1. The fourth-order valence-electron chi connectivity index (χ4n) is 1.29. The van der Waals surface area contributed by atoms with E-state index in [-0.39, 0.29) is 19.2 Å². The van der Waals surface area contributed by atoms with E-state index in [1.807, 2.05) is 13.8 Å². The van der Waals surface area contributed by atoms with Gasteiger partial charge in [-0.05, 0) is 20.3 Å². The highest BCUT2D eigenvalue weighted by molar-refractivity contribution is 4.71. The molecule has 4 heteroatoms. The highest BCUT2D eigenvalue weighted by Gasteiger charge is 2.35. The van der Waals surface area contributed by atoms with E-state index in [0.29, 0.717) is 13.0 Å². The quantitative estimate of drug-likeness (QED) is 0.607. The molecule has 0 spiro atoms. The van der Waals surface area contributed by atoms with Gasteiger partial charge in [0.25, 0.3) is 0 Å². The van der Waals surface area contributed by atoms with Gasteiger partial charge in [0, 0.05) is 12.6 Å². The van der Waals surface area contributed by atoms with E-state index in [0.717, 1.165) is 0 Å². The lowest BCUT2D eigenvalue weighted by Crippen LogP contribution is -2.40. The Balaban J connectivity index is 2.54. The molecule has 1 rings (SSSR count). The SMILES string of the molecule is CC(C)N1CCCOC(F)(F)C1. The van der Waals surface area contributed by atoms with Crippen molar-refractivity contribution >= 4 is 0 Å². The Kier molecular flexibility index (Phi) is 3.01. The first kappa shape index (κ1) is 9.86. The van der Waals surface area contributed by atoms with Crippen molar-refractivity contribution in [2.24, 2.45) is 0 Å². The smallest absolute Gasteiger partial charge is 0.319 e. The maximum absolute atomic E-state index is 12.8. The van der Waals surface area contributed by atoms with Crippen LogP contribution >= 0.6 is 0 Å². The molecule has 0 amide bonds. The Bertz CT molecular complexity index is 150. The van der Waals surface area contributed by atoms with Crippen molar-refractivity contribution in [1.82, 2.24) is 4.90 Å². The summed E-state index contributed by atoms with van der Waals surface area (Å²) in [7, 11) is 0. The number of hydrogen-bond acceptors (Lipinski definition) is 2. The van der Waals surface area contributed by atoms with E-state index in [1.54, 1.807) is 4.90 Å². The standard InChI is InChI=1S/C8H15F2NO/c1-7(2)11-4-3-5-12-8(9,10)6-11/h7H,3-6H2,1-2H3. The van der Waals surface area contributed by atoms with Gasteiger partial charge in [0.2, 0.25) is 0 Å². The minimum atomic E-state index is -2.96. The van der Waals surface area contributed by atoms with Gasteiger partial charge in [-0.3, -0.25) is 4.90 Å². The Labute approximate surface area is 71.5 Å². The van der Waals surface area contributed by atoms with Gasteiger partial charge in [0.1, 0.15) is 0 Å². The largest absolute Gasteiger partial charge is 0.368 e. The molecular formula is C8H15F2NO. The number of nitrogens with zero attached hydrogens (tertiary/aromatic N) is 1. The second-order valence-electron chi connectivity index (χ2n) is 3.40. The molecular weight excluding hydrogens is 164 g/mol. The van der Waals surface area contributed by atoms with E-state index in [1.165, 1.54) is 0 Å². The van der Waals surface area contributed by atoms with Crippen LogP contribution in [0.2, 0.25) is 0 Å². The predicted octanol–water partition coefficient (Wildman–Crippen LogP) is 1.71. The van der Waals surface area contributed by atoms with Crippen LogP contribution in [0.4, 0.5) is 8.78 Å². The lowest BCUT2D eigenvalue weighted by molar-refractivity contribution is -0.238. The van der Waals surface area contributed by atoms with E-state index in [2.05, 4.69) is 4.74 Å². The topological polar surface area (TPSA) is 12.5 Å². The fraction of sp³-hybridized carbons (Fsp3) is 1.00. The molecule has 2 nitrogen and oxygen atoms in total. The zero-order valence-electron chi connectivity index (χ0n) is 7.52. The van der Waals surface area contributed by atoms with Gasteiger partial charge < -0.3 is 4.74 Å². The Morgan fingerprint density at radius 3 is 2.67 bits per heavy atom. The average molecular weight is 179 g/mol. The summed E-state index contributed by atoms with van der Waals surface area (Å²) in [4.78, 5) is 1.74. The molecule has 0 aliphatic carbocycles. The van der Waals surface area contributed by atoms with Gasteiger partial charge in [0.05, 0.1) is 13.2 Å². The monoisotopic (exact) mass is 179 g/mol. The van der Waals surface area contributed by atoms with Crippen molar-refractivity contribution in [2.45, 2.75) is 32.4 Å². The molecule has 0 atom stereocenters. The van der Waals surface area contributed by atoms with Crippen molar-refractivity contribution < 1.29 is 13.5 Å². The molecule has 0 unspecified atom stereocenters. The van der Waals surface area contributed by atoms with Crippen molar-refractivity contribution in [3.8, 4) is 0 Å². The van der Waals surface area contributed by atoms with Crippen LogP contribution in [0.5, 0.6) is 0 Å². The van der Waals surface area contributed by atoms with E-state index in [4.69, 9.17) is 0 Å². The fourth-order valence-corrected chi connectivity index (χ4v) is 1.29. The summed E-state index contributed by atoms with van der Waals surface area (Å²) >= 11 is 0. The zero-order chi connectivity index (χ0) is 9.19. The van der Waals surface area contributed by atoms with Crippen LogP contribution in [-0.4, -0.2) is 36.7 Å². The third-order valence-corrected chi connectivity index (χ3v) is 2.02.